The van der Waals surface area contributed by atoms with Crippen LogP contribution in [-0.4, -0.2) is 58.2 Å². The van der Waals surface area contributed by atoms with Gasteiger partial charge in [0.05, 0.1) is 0 Å². The summed E-state index contributed by atoms with van der Waals surface area (Å²) in [5.41, 5.74) is 6.91. The van der Waals surface area contributed by atoms with Crippen LogP contribution < -0.4 is 16.0 Å². The van der Waals surface area contributed by atoms with Crippen molar-refractivity contribution < 1.29 is 9.59 Å². The van der Waals surface area contributed by atoms with Crippen molar-refractivity contribution in [3.8, 4) is 0 Å². The molecule has 2 aromatic rings. The molecule has 2 saturated heterocycles. The molecule has 0 unspecified atom stereocenters. The van der Waals surface area contributed by atoms with Crippen LogP contribution in [0.2, 0.25) is 0 Å². The fraction of sp³-hybridized carbons (Fsp3) is 0.412. The summed E-state index contributed by atoms with van der Waals surface area (Å²) in [5.74, 6) is 1.27. The molecule has 0 saturated carbocycles. The van der Waals surface area contributed by atoms with E-state index in [1.807, 2.05) is 17.0 Å². The number of likely N-dealkylation sites (tertiary alicyclic amines) is 1. The summed E-state index contributed by atoms with van der Waals surface area (Å²) < 4.78 is 0. The second-order valence-electron chi connectivity index (χ2n) is 6.58. The van der Waals surface area contributed by atoms with E-state index in [9.17, 15) is 9.59 Å². The fourth-order valence-electron chi connectivity index (χ4n) is 3.53. The summed E-state index contributed by atoms with van der Waals surface area (Å²) in [5, 5.41) is 9.50. The second-order valence-corrected chi connectivity index (χ2v) is 6.58. The summed E-state index contributed by atoms with van der Waals surface area (Å²) in [6.07, 6.45) is 1.63. The Morgan fingerprint density at radius 2 is 2.04 bits per heavy atom. The maximum absolute atomic E-state index is 12.8. The van der Waals surface area contributed by atoms with Crippen LogP contribution in [0.3, 0.4) is 0 Å². The topological polar surface area (TPSA) is 120 Å². The predicted molar refractivity (Wildman–Crippen MR) is 95.9 cm³/mol. The second kappa shape index (κ2) is 6.66. The SMILES string of the molecule is Nc1n[nH]c(C2CCN(C(=O)c3cccc(N4CCNC4=O)c3)CC2)n1. The monoisotopic (exact) mass is 355 g/mol. The number of amides is 3. The van der Waals surface area contributed by atoms with Crippen molar-refractivity contribution in [2.24, 2.45) is 0 Å². The van der Waals surface area contributed by atoms with Gasteiger partial charge in [0.1, 0.15) is 5.82 Å². The number of hydrogen-bond donors (Lipinski definition) is 3. The minimum atomic E-state index is -0.123. The number of nitrogens with one attached hydrogen (secondary N) is 2. The molecule has 0 aliphatic carbocycles. The van der Waals surface area contributed by atoms with E-state index < -0.39 is 0 Å². The lowest BCUT2D eigenvalue weighted by atomic mass is 9.95. The normalized spacial score (nSPS) is 18.2. The largest absolute Gasteiger partial charge is 0.367 e. The molecule has 9 nitrogen and oxygen atoms in total. The zero-order valence-corrected chi connectivity index (χ0v) is 14.3. The number of anilines is 2. The van der Waals surface area contributed by atoms with Gasteiger partial charge < -0.3 is 16.0 Å². The molecular formula is C17H21N7O2. The number of nitrogens with two attached hydrogens (primary N) is 1. The minimum absolute atomic E-state index is 0.0120. The Morgan fingerprint density at radius 1 is 1.23 bits per heavy atom. The van der Waals surface area contributed by atoms with Gasteiger partial charge in [0.15, 0.2) is 0 Å². The quantitative estimate of drug-likeness (QED) is 0.757. The first kappa shape index (κ1) is 16.4. The molecule has 2 aliphatic rings. The molecule has 1 aromatic carbocycles. The minimum Gasteiger partial charge on any atom is -0.367 e. The van der Waals surface area contributed by atoms with Gasteiger partial charge >= 0.3 is 6.03 Å². The lowest BCUT2D eigenvalue weighted by Crippen LogP contribution is -2.38. The van der Waals surface area contributed by atoms with Gasteiger partial charge in [0.25, 0.3) is 5.91 Å². The fourth-order valence-corrected chi connectivity index (χ4v) is 3.53. The first-order valence-corrected chi connectivity index (χ1v) is 8.74. The first-order chi connectivity index (χ1) is 12.6. The smallest absolute Gasteiger partial charge is 0.321 e. The zero-order chi connectivity index (χ0) is 18.1. The Kier molecular flexibility index (Phi) is 4.19. The van der Waals surface area contributed by atoms with E-state index in [0.29, 0.717) is 31.7 Å². The molecule has 1 aromatic heterocycles. The maximum atomic E-state index is 12.8. The Labute approximate surface area is 150 Å². The predicted octanol–water partition coefficient (Wildman–Crippen LogP) is 0.936. The third-order valence-electron chi connectivity index (χ3n) is 4.95. The number of rotatable bonds is 3. The summed E-state index contributed by atoms with van der Waals surface area (Å²) in [7, 11) is 0. The Morgan fingerprint density at radius 3 is 2.69 bits per heavy atom. The van der Waals surface area contributed by atoms with Gasteiger partial charge in [-0.15, -0.1) is 5.10 Å². The highest BCUT2D eigenvalue weighted by Gasteiger charge is 2.27. The molecule has 136 valence electrons. The number of nitrogens with zero attached hydrogens (tertiary/aromatic N) is 4. The first-order valence-electron chi connectivity index (χ1n) is 8.74. The molecule has 2 fully saturated rings. The summed E-state index contributed by atoms with van der Waals surface area (Å²) >= 11 is 0. The molecule has 4 rings (SSSR count). The average Bonchev–Trinajstić information content (AvgIpc) is 3.30. The molecule has 4 N–H and O–H groups in total. The van der Waals surface area contributed by atoms with Crippen molar-refractivity contribution in [2.75, 3.05) is 36.8 Å². The number of carbonyl (C=O) groups excluding carboxylic acids is 2. The van der Waals surface area contributed by atoms with Crippen molar-refractivity contribution in [1.29, 1.82) is 0 Å². The molecule has 0 bridgehead atoms. The maximum Gasteiger partial charge on any atom is 0.321 e. The van der Waals surface area contributed by atoms with Gasteiger partial charge in [-0.1, -0.05) is 6.07 Å². The molecule has 3 heterocycles. The number of aromatic nitrogens is 3. The standard InChI is InChI=1S/C17H21N7O2/c18-16-20-14(21-22-16)11-4-7-23(8-5-11)15(25)12-2-1-3-13(10-12)24-9-6-19-17(24)26/h1-3,10-11H,4-9H2,(H,19,26)(H3,18,20,21,22). The van der Waals surface area contributed by atoms with Gasteiger partial charge in [-0.25, -0.2) is 4.79 Å². The number of urea groups is 1. The molecular weight excluding hydrogens is 334 g/mol. The third kappa shape index (κ3) is 3.07. The van der Waals surface area contributed by atoms with Gasteiger partial charge in [-0.3, -0.25) is 14.8 Å². The van der Waals surface area contributed by atoms with Crippen LogP contribution in [0.1, 0.15) is 34.9 Å². The van der Waals surface area contributed by atoms with E-state index in [-0.39, 0.29) is 23.8 Å². The van der Waals surface area contributed by atoms with Crippen LogP contribution >= 0.6 is 0 Å². The van der Waals surface area contributed by atoms with Crippen molar-refractivity contribution in [1.82, 2.24) is 25.4 Å². The van der Waals surface area contributed by atoms with Crippen LogP contribution in [0.4, 0.5) is 16.4 Å². The lowest BCUT2D eigenvalue weighted by molar-refractivity contribution is 0.0711. The highest BCUT2D eigenvalue weighted by atomic mass is 16.2. The molecule has 2 aliphatic heterocycles. The summed E-state index contributed by atoms with van der Waals surface area (Å²) in [6, 6.07) is 7.13. The summed E-state index contributed by atoms with van der Waals surface area (Å²) in [4.78, 5) is 32.4. The van der Waals surface area contributed by atoms with Crippen LogP contribution in [0.15, 0.2) is 24.3 Å². The number of carbonyl (C=O) groups is 2. The van der Waals surface area contributed by atoms with Crippen molar-refractivity contribution >= 4 is 23.6 Å². The molecule has 26 heavy (non-hydrogen) atoms. The highest BCUT2D eigenvalue weighted by Crippen LogP contribution is 2.27. The number of hydrogen-bond acceptors (Lipinski definition) is 5. The van der Waals surface area contributed by atoms with E-state index >= 15 is 0 Å². The molecule has 0 spiro atoms. The molecule has 9 heteroatoms. The Bertz CT molecular complexity index is 826. The number of piperidine rings is 1. The molecule has 0 radical (unpaired) electrons. The van der Waals surface area contributed by atoms with Gasteiger partial charge in [0, 0.05) is 43.3 Å². The Balaban J connectivity index is 1.43. The number of aromatic amines is 1. The Hall–Kier alpha value is -3.10. The number of nitrogen functional groups attached to an aromatic ring is 1. The van der Waals surface area contributed by atoms with Crippen molar-refractivity contribution in [3.63, 3.8) is 0 Å². The third-order valence-corrected chi connectivity index (χ3v) is 4.95. The zero-order valence-electron chi connectivity index (χ0n) is 14.3. The van der Waals surface area contributed by atoms with E-state index in [4.69, 9.17) is 5.73 Å². The van der Waals surface area contributed by atoms with Crippen LogP contribution in [0.25, 0.3) is 0 Å². The lowest BCUT2D eigenvalue weighted by Gasteiger charge is -2.31. The van der Waals surface area contributed by atoms with Gasteiger partial charge in [-0.2, -0.15) is 4.98 Å². The van der Waals surface area contributed by atoms with Crippen LogP contribution in [-0.2, 0) is 0 Å². The van der Waals surface area contributed by atoms with Crippen molar-refractivity contribution in [3.05, 3.63) is 35.7 Å². The van der Waals surface area contributed by atoms with Crippen LogP contribution in [0, 0.1) is 0 Å². The van der Waals surface area contributed by atoms with Crippen LogP contribution in [0.5, 0.6) is 0 Å². The molecule has 0 atom stereocenters. The van der Waals surface area contributed by atoms with Gasteiger partial charge in [-0.05, 0) is 31.0 Å². The molecule has 3 amide bonds. The highest BCUT2D eigenvalue weighted by molar-refractivity contribution is 5.98. The van der Waals surface area contributed by atoms with E-state index in [1.165, 1.54) is 0 Å². The average molecular weight is 355 g/mol. The van der Waals surface area contributed by atoms with E-state index in [1.54, 1.807) is 17.0 Å². The van der Waals surface area contributed by atoms with E-state index in [0.717, 1.165) is 24.4 Å². The van der Waals surface area contributed by atoms with Crippen molar-refractivity contribution in [2.45, 2.75) is 18.8 Å². The number of H-pyrrole nitrogens is 1. The van der Waals surface area contributed by atoms with Gasteiger partial charge in [0.2, 0.25) is 5.95 Å². The summed E-state index contributed by atoms with van der Waals surface area (Å²) in [6.45, 7) is 2.54. The van der Waals surface area contributed by atoms with E-state index in [2.05, 4.69) is 20.5 Å². The number of benzene rings is 1.